The first kappa shape index (κ1) is 14.4. The number of nitrogens with zero attached hydrogens (tertiary/aromatic N) is 4. The van der Waals surface area contributed by atoms with E-state index in [4.69, 9.17) is 4.74 Å². The fraction of sp³-hybridized carbons (Fsp3) is 0.412. The highest BCUT2D eigenvalue weighted by Crippen LogP contribution is 2.28. The lowest BCUT2D eigenvalue weighted by atomic mass is 10.1. The molecular formula is C17H21N5O. The predicted molar refractivity (Wildman–Crippen MR) is 87.0 cm³/mol. The fourth-order valence-electron chi connectivity index (χ4n) is 3.28. The molecule has 1 aliphatic heterocycles. The van der Waals surface area contributed by atoms with Crippen molar-refractivity contribution in [1.29, 1.82) is 0 Å². The van der Waals surface area contributed by atoms with Gasteiger partial charge in [-0.05, 0) is 25.5 Å². The van der Waals surface area contributed by atoms with Crippen LogP contribution in [-0.2, 0) is 17.8 Å². The van der Waals surface area contributed by atoms with Crippen LogP contribution in [0.25, 0.3) is 5.65 Å². The minimum Gasteiger partial charge on any atom is -0.369 e. The molecule has 0 bridgehead atoms. The molecule has 1 aliphatic rings. The minimum atomic E-state index is 0.0203. The van der Waals surface area contributed by atoms with Crippen LogP contribution in [0.1, 0.15) is 31.0 Å². The normalized spacial score (nSPS) is 21.3. The number of hydrogen-bond acceptors (Lipinski definition) is 4. The van der Waals surface area contributed by atoms with Crippen LogP contribution in [-0.4, -0.2) is 31.6 Å². The summed E-state index contributed by atoms with van der Waals surface area (Å²) in [5.41, 5.74) is 2.18. The predicted octanol–water partition coefficient (Wildman–Crippen LogP) is 2.17. The summed E-state index contributed by atoms with van der Waals surface area (Å²) in [6, 6.07) is 6.47. The van der Waals surface area contributed by atoms with Crippen molar-refractivity contribution in [3.63, 3.8) is 0 Å². The van der Waals surface area contributed by atoms with Gasteiger partial charge in [-0.2, -0.15) is 0 Å². The molecule has 0 amide bonds. The van der Waals surface area contributed by atoms with E-state index < -0.39 is 0 Å². The number of nitrogens with one attached hydrogen (secondary N) is 1. The van der Waals surface area contributed by atoms with Crippen molar-refractivity contribution in [2.45, 2.75) is 38.6 Å². The summed E-state index contributed by atoms with van der Waals surface area (Å²) in [6.45, 7) is 4.60. The highest BCUT2D eigenvalue weighted by atomic mass is 16.5. The number of rotatable bonds is 5. The Labute approximate surface area is 135 Å². The van der Waals surface area contributed by atoms with Gasteiger partial charge >= 0.3 is 0 Å². The van der Waals surface area contributed by atoms with Gasteiger partial charge in [0.05, 0.1) is 0 Å². The summed E-state index contributed by atoms with van der Waals surface area (Å²) in [7, 11) is 0. The second kappa shape index (κ2) is 6.14. The van der Waals surface area contributed by atoms with Gasteiger partial charge < -0.3 is 19.0 Å². The summed E-state index contributed by atoms with van der Waals surface area (Å²) in [4.78, 5) is 8.83. The summed E-state index contributed by atoms with van der Waals surface area (Å²) in [5.74, 6) is 1.02. The van der Waals surface area contributed by atoms with Gasteiger partial charge in [0.15, 0.2) is 0 Å². The molecular weight excluding hydrogens is 290 g/mol. The van der Waals surface area contributed by atoms with Crippen LogP contribution in [0.5, 0.6) is 0 Å². The Kier molecular flexibility index (Phi) is 3.85. The van der Waals surface area contributed by atoms with E-state index in [-0.39, 0.29) is 12.1 Å². The number of aromatic nitrogens is 4. The van der Waals surface area contributed by atoms with Gasteiger partial charge in [0.25, 0.3) is 0 Å². The molecule has 0 spiro atoms. The molecule has 4 rings (SSSR count). The number of pyridine rings is 1. The Hall–Kier alpha value is -2.18. The molecule has 3 aromatic rings. The molecule has 6 heteroatoms. The van der Waals surface area contributed by atoms with Crippen molar-refractivity contribution in [1.82, 2.24) is 24.3 Å². The molecule has 120 valence electrons. The maximum Gasteiger partial charge on any atom is 0.139 e. The van der Waals surface area contributed by atoms with E-state index in [9.17, 15) is 0 Å². The molecule has 1 fully saturated rings. The second-order valence-corrected chi connectivity index (χ2v) is 5.81. The summed E-state index contributed by atoms with van der Waals surface area (Å²) in [5, 5.41) is 3.64. The van der Waals surface area contributed by atoms with Crippen LogP contribution < -0.4 is 5.32 Å². The van der Waals surface area contributed by atoms with Crippen molar-refractivity contribution < 1.29 is 4.74 Å². The van der Waals surface area contributed by atoms with Gasteiger partial charge in [0.2, 0.25) is 0 Å². The quantitative estimate of drug-likeness (QED) is 0.784. The molecule has 0 radical (unpaired) electrons. The molecule has 1 saturated heterocycles. The van der Waals surface area contributed by atoms with E-state index >= 15 is 0 Å². The SMILES string of the molecule is CCn1ccnc1[C@H]1OCC[C@@H]1NCc1cccc2nccn12. The smallest absolute Gasteiger partial charge is 0.139 e. The van der Waals surface area contributed by atoms with E-state index in [1.807, 2.05) is 36.9 Å². The van der Waals surface area contributed by atoms with Gasteiger partial charge in [-0.3, -0.25) is 0 Å². The third-order valence-electron chi connectivity index (χ3n) is 4.49. The number of aryl methyl sites for hydroxylation is 1. The van der Waals surface area contributed by atoms with Gasteiger partial charge in [-0.15, -0.1) is 0 Å². The average molecular weight is 311 g/mol. The van der Waals surface area contributed by atoms with Crippen molar-refractivity contribution in [2.75, 3.05) is 6.61 Å². The first-order valence-electron chi connectivity index (χ1n) is 8.14. The largest absolute Gasteiger partial charge is 0.369 e. The van der Waals surface area contributed by atoms with Crippen LogP contribution in [0.2, 0.25) is 0 Å². The van der Waals surface area contributed by atoms with Crippen LogP contribution in [0.4, 0.5) is 0 Å². The highest BCUT2D eigenvalue weighted by Gasteiger charge is 2.32. The van der Waals surface area contributed by atoms with Crippen molar-refractivity contribution in [3.8, 4) is 0 Å². The molecule has 0 aromatic carbocycles. The lowest BCUT2D eigenvalue weighted by Gasteiger charge is -2.20. The number of fused-ring (bicyclic) bond motifs is 1. The topological polar surface area (TPSA) is 56.4 Å². The number of ether oxygens (including phenoxy) is 1. The molecule has 4 heterocycles. The Morgan fingerprint density at radius 2 is 2.17 bits per heavy atom. The zero-order valence-electron chi connectivity index (χ0n) is 13.2. The van der Waals surface area contributed by atoms with Crippen LogP contribution in [0, 0.1) is 0 Å². The lowest BCUT2D eigenvalue weighted by Crippen LogP contribution is -2.33. The minimum absolute atomic E-state index is 0.0203. The molecule has 0 unspecified atom stereocenters. The van der Waals surface area contributed by atoms with Crippen molar-refractivity contribution in [2.24, 2.45) is 0 Å². The molecule has 1 N–H and O–H groups in total. The van der Waals surface area contributed by atoms with E-state index in [1.165, 1.54) is 5.69 Å². The number of hydrogen-bond donors (Lipinski definition) is 1. The van der Waals surface area contributed by atoms with Gasteiger partial charge in [0, 0.05) is 56.2 Å². The van der Waals surface area contributed by atoms with Crippen LogP contribution >= 0.6 is 0 Å². The molecule has 0 aliphatic carbocycles. The lowest BCUT2D eigenvalue weighted by molar-refractivity contribution is 0.0885. The molecule has 2 atom stereocenters. The third kappa shape index (κ3) is 2.64. The standard InChI is InChI=1S/C17H21N5O/c1-2-21-9-7-19-17(21)16-14(6-11-23-16)20-12-13-4-3-5-15-18-8-10-22(13)15/h3-5,7-10,14,16,20H,2,6,11-12H2,1H3/t14-,16-/m0/s1. The Morgan fingerprint density at radius 3 is 3.09 bits per heavy atom. The van der Waals surface area contributed by atoms with Crippen LogP contribution in [0.3, 0.4) is 0 Å². The molecule has 6 nitrogen and oxygen atoms in total. The summed E-state index contributed by atoms with van der Waals surface area (Å²) < 4.78 is 10.2. The molecule has 0 saturated carbocycles. The summed E-state index contributed by atoms with van der Waals surface area (Å²) >= 11 is 0. The van der Waals surface area contributed by atoms with Crippen molar-refractivity contribution >= 4 is 5.65 Å². The maximum absolute atomic E-state index is 5.95. The highest BCUT2D eigenvalue weighted by molar-refractivity contribution is 5.39. The van der Waals surface area contributed by atoms with Crippen molar-refractivity contribution in [3.05, 3.63) is 54.5 Å². The first-order valence-corrected chi connectivity index (χ1v) is 8.14. The first-order chi connectivity index (χ1) is 11.4. The third-order valence-corrected chi connectivity index (χ3v) is 4.49. The number of imidazole rings is 2. The van der Waals surface area contributed by atoms with Gasteiger partial charge in [-0.25, -0.2) is 9.97 Å². The second-order valence-electron chi connectivity index (χ2n) is 5.81. The maximum atomic E-state index is 5.95. The fourth-order valence-corrected chi connectivity index (χ4v) is 3.28. The van der Waals surface area contributed by atoms with E-state index in [2.05, 4.69) is 37.2 Å². The van der Waals surface area contributed by atoms with E-state index in [0.29, 0.717) is 0 Å². The zero-order chi connectivity index (χ0) is 15.6. The molecule has 23 heavy (non-hydrogen) atoms. The average Bonchev–Trinajstić information content (AvgIpc) is 3.30. The van der Waals surface area contributed by atoms with Gasteiger partial charge in [-0.1, -0.05) is 6.07 Å². The Morgan fingerprint density at radius 1 is 1.26 bits per heavy atom. The summed E-state index contributed by atoms with van der Waals surface area (Å²) in [6.07, 6.45) is 8.72. The van der Waals surface area contributed by atoms with Gasteiger partial charge in [0.1, 0.15) is 17.6 Å². The monoisotopic (exact) mass is 311 g/mol. The van der Waals surface area contributed by atoms with E-state index in [1.54, 1.807) is 0 Å². The van der Waals surface area contributed by atoms with Crippen LogP contribution in [0.15, 0.2) is 43.0 Å². The van der Waals surface area contributed by atoms with E-state index in [0.717, 1.165) is 37.6 Å². The Bertz CT molecular complexity index is 793. The Balaban J connectivity index is 1.51. The zero-order valence-corrected chi connectivity index (χ0v) is 13.2. The molecule has 3 aromatic heterocycles.